The van der Waals surface area contributed by atoms with Gasteiger partial charge >= 0.3 is 0 Å². The van der Waals surface area contributed by atoms with Gasteiger partial charge in [0.25, 0.3) is 5.22 Å². The first-order valence-electron chi connectivity index (χ1n) is 6.29. The molecule has 2 heterocycles. The van der Waals surface area contributed by atoms with Gasteiger partial charge in [0.2, 0.25) is 5.89 Å². The molecule has 1 aromatic carbocycles. The van der Waals surface area contributed by atoms with Crippen LogP contribution in [0, 0.1) is 6.92 Å². The van der Waals surface area contributed by atoms with Gasteiger partial charge < -0.3 is 4.42 Å². The highest BCUT2D eigenvalue weighted by Gasteiger charge is 2.09. The Bertz CT molecular complexity index is 741. The Kier molecular flexibility index (Phi) is 4.72. The molecule has 3 rings (SSSR count). The normalized spacial score (nSPS) is 11.0. The molecule has 0 saturated carbocycles. The molecule has 21 heavy (non-hydrogen) atoms. The Morgan fingerprint density at radius 2 is 2.24 bits per heavy atom. The van der Waals surface area contributed by atoms with Gasteiger partial charge in [-0.05, 0) is 24.6 Å². The van der Waals surface area contributed by atoms with Gasteiger partial charge in [-0.2, -0.15) is 0 Å². The van der Waals surface area contributed by atoms with Gasteiger partial charge in [0, 0.05) is 15.6 Å². The van der Waals surface area contributed by atoms with Crippen molar-refractivity contribution in [2.75, 3.05) is 0 Å². The first-order chi connectivity index (χ1) is 10.2. The van der Waals surface area contributed by atoms with Gasteiger partial charge in [-0.3, -0.25) is 0 Å². The van der Waals surface area contributed by atoms with Crippen LogP contribution in [-0.2, 0) is 12.2 Å². The molecule has 0 amide bonds. The van der Waals surface area contributed by atoms with E-state index in [1.165, 1.54) is 17.3 Å². The zero-order chi connectivity index (χ0) is 14.7. The second-order valence-corrected chi connectivity index (χ2v) is 7.32. The molecule has 0 radical (unpaired) electrons. The molecule has 0 aliphatic carbocycles. The maximum absolute atomic E-state index is 5.64. The Morgan fingerprint density at radius 1 is 1.33 bits per heavy atom. The summed E-state index contributed by atoms with van der Waals surface area (Å²) in [4.78, 5) is 4.40. The van der Waals surface area contributed by atoms with Crippen molar-refractivity contribution in [3.8, 4) is 0 Å². The number of thioether (sulfide) groups is 1. The third kappa shape index (κ3) is 4.15. The molecule has 0 bridgehead atoms. The van der Waals surface area contributed by atoms with E-state index in [1.807, 2.05) is 24.4 Å². The van der Waals surface area contributed by atoms with Crippen molar-refractivity contribution >= 4 is 39.0 Å². The predicted octanol–water partition coefficient (Wildman–Crippen LogP) is 4.48. The van der Waals surface area contributed by atoms with Gasteiger partial charge in [-0.1, -0.05) is 39.8 Å². The number of halogens is 1. The summed E-state index contributed by atoms with van der Waals surface area (Å²) in [7, 11) is 0. The van der Waals surface area contributed by atoms with Crippen molar-refractivity contribution in [3.05, 3.63) is 56.3 Å². The second kappa shape index (κ2) is 6.72. The van der Waals surface area contributed by atoms with Gasteiger partial charge in [-0.25, -0.2) is 4.98 Å². The van der Waals surface area contributed by atoms with Crippen LogP contribution in [0.3, 0.4) is 0 Å². The summed E-state index contributed by atoms with van der Waals surface area (Å²) in [6, 6.07) is 8.19. The molecule has 0 N–H and O–H groups in total. The highest BCUT2D eigenvalue weighted by Crippen LogP contribution is 2.23. The summed E-state index contributed by atoms with van der Waals surface area (Å²) < 4.78 is 6.72. The number of rotatable bonds is 5. The van der Waals surface area contributed by atoms with E-state index in [1.54, 1.807) is 11.3 Å². The van der Waals surface area contributed by atoms with Crippen LogP contribution in [0.1, 0.15) is 22.2 Å². The summed E-state index contributed by atoms with van der Waals surface area (Å²) in [5.41, 5.74) is 2.19. The van der Waals surface area contributed by atoms with E-state index >= 15 is 0 Å². The van der Waals surface area contributed by atoms with Crippen LogP contribution in [0.4, 0.5) is 0 Å². The lowest BCUT2D eigenvalue weighted by Gasteiger charge is -1.98. The van der Waals surface area contributed by atoms with E-state index in [9.17, 15) is 0 Å². The molecule has 4 nitrogen and oxygen atoms in total. The lowest BCUT2D eigenvalue weighted by atomic mass is 10.2. The number of nitrogens with zero attached hydrogens (tertiary/aromatic N) is 3. The number of thiazole rings is 1. The molecule has 0 saturated heterocycles. The van der Waals surface area contributed by atoms with E-state index in [4.69, 9.17) is 4.42 Å². The zero-order valence-corrected chi connectivity index (χ0v) is 14.5. The van der Waals surface area contributed by atoms with E-state index in [0.29, 0.717) is 17.5 Å². The van der Waals surface area contributed by atoms with Gasteiger partial charge in [-0.15, -0.1) is 21.5 Å². The van der Waals surface area contributed by atoms with Crippen molar-refractivity contribution < 1.29 is 4.42 Å². The summed E-state index contributed by atoms with van der Waals surface area (Å²) in [5.74, 6) is 1.41. The maximum atomic E-state index is 5.64. The lowest BCUT2D eigenvalue weighted by molar-refractivity contribution is 0.419. The Hall–Kier alpha value is -1.18. The van der Waals surface area contributed by atoms with Crippen LogP contribution in [0.5, 0.6) is 0 Å². The Balaban J connectivity index is 1.60. The fraction of sp³-hybridized carbons (Fsp3) is 0.214. The van der Waals surface area contributed by atoms with Gasteiger partial charge in [0.15, 0.2) is 0 Å². The maximum Gasteiger partial charge on any atom is 0.276 e. The van der Waals surface area contributed by atoms with Crippen molar-refractivity contribution in [2.24, 2.45) is 0 Å². The van der Waals surface area contributed by atoms with Crippen molar-refractivity contribution in [3.63, 3.8) is 0 Å². The monoisotopic (exact) mass is 381 g/mol. The number of aromatic nitrogens is 3. The molecule has 0 aliphatic rings. The third-order valence-electron chi connectivity index (χ3n) is 2.70. The van der Waals surface area contributed by atoms with Crippen LogP contribution in [0.25, 0.3) is 0 Å². The van der Waals surface area contributed by atoms with Crippen LogP contribution < -0.4 is 0 Å². The van der Waals surface area contributed by atoms with Crippen molar-refractivity contribution in [1.29, 1.82) is 0 Å². The largest absolute Gasteiger partial charge is 0.416 e. The average molecular weight is 382 g/mol. The molecular formula is C14H12BrN3OS2. The molecule has 108 valence electrons. The first kappa shape index (κ1) is 14.7. The molecule has 0 fully saturated rings. The topological polar surface area (TPSA) is 51.8 Å². The second-order valence-electron chi connectivity index (χ2n) is 4.41. The Morgan fingerprint density at radius 3 is 3.00 bits per heavy atom. The summed E-state index contributed by atoms with van der Waals surface area (Å²) >= 11 is 6.63. The molecule has 3 aromatic rings. The zero-order valence-electron chi connectivity index (χ0n) is 11.2. The minimum absolute atomic E-state index is 0.592. The molecule has 0 unspecified atom stereocenters. The fourth-order valence-electron chi connectivity index (χ4n) is 1.78. The highest BCUT2D eigenvalue weighted by atomic mass is 79.9. The summed E-state index contributed by atoms with van der Waals surface area (Å²) in [5, 5.41) is 11.8. The van der Waals surface area contributed by atoms with Crippen molar-refractivity contribution in [2.45, 2.75) is 24.3 Å². The number of benzene rings is 1. The fourth-order valence-corrected chi connectivity index (χ4v) is 3.57. The molecule has 0 aliphatic heterocycles. The third-order valence-corrected chi connectivity index (χ3v) is 4.90. The van der Waals surface area contributed by atoms with Crippen LogP contribution in [0.15, 0.2) is 43.8 Å². The van der Waals surface area contributed by atoms with E-state index in [0.717, 1.165) is 20.9 Å². The lowest BCUT2D eigenvalue weighted by Crippen LogP contribution is -1.88. The molecule has 0 atom stereocenters. The Labute approximate surface area is 139 Å². The van der Waals surface area contributed by atoms with E-state index in [-0.39, 0.29) is 0 Å². The predicted molar refractivity (Wildman–Crippen MR) is 87.7 cm³/mol. The van der Waals surface area contributed by atoms with Gasteiger partial charge in [0.05, 0.1) is 17.1 Å². The molecular weight excluding hydrogens is 370 g/mol. The van der Waals surface area contributed by atoms with Gasteiger partial charge in [0.1, 0.15) is 0 Å². The molecule has 2 aromatic heterocycles. The molecule has 7 heteroatoms. The smallest absolute Gasteiger partial charge is 0.276 e. The number of hydrogen-bond donors (Lipinski definition) is 0. The number of aryl methyl sites for hydroxylation is 1. The number of hydrogen-bond acceptors (Lipinski definition) is 6. The van der Waals surface area contributed by atoms with Crippen LogP contribution in [-0.4, -0.2) is 15.2 Å². The van der Waals surface area contributed by atoms with Crippen LogP contribution >= 0.6 is 39.0 Å². The highest BCUT2D eigenvalue weighted by molar-refractivity contribution is 9.10. The SMILES string of the molecule is Cc1nc(Cc2nnc(SCc3cccc(Br)c3)o2)cs1. The van der Waals surface area contributed by atoms with E-state index < -0.39 is 0 Å². The molecule has 0 spiro atoms. The summed E-state index contributed by atoms with van der Waals surface area (Å²) in [6.45, 7) is 1.99. The minimum atomic E-state index is 0.592. The average Bonchev–Trinajstić information content (AvgIpc) is 3.06. The summed E-state index contributed by atoms with van der Waals surface area (Å²) in [6.07, 6.45) is 0.592. The quantitative estimate of drug-likeness (QED) is 0.609. The van der Waals surface area contributed by atoms with Crippen molar-refractivity contribution in [1.82, 2.24) is 15.2 Å². The first-order valence-corrected chi connectivity index (χ1v) is 8.95. The van der Waals surface area contributed by atoms with E-state index in [2.05, 4.69) is 43.2 Å². The standard InChI is InChI=1S/C14H12BrN3OS2/c1-9-16-12(8-20-9)6-13-17-18-14(19-13)21-7-10-3-2-4-11(15)5-10/h2-5,8H,6-7H2,1H3. The van der Waals surface area contributed by atoms with Crippen LogP contribution in [0.2, 0.25) is 0 Å². The minimum Gasteiger partial charge on any atom is -0.416 e.